The lowest BCUT2D eigenvalue weighted by Crippen LogP contribution is -2.30. The summed E-state index contributed by atoms with van der Waals surface area (Å²) in [6.07, 6.45) is 0.842. The van der Waals surface area contributed by atoms with Gasteiger partial charge in [-0.05, 0) is 38.6 Å². The van der Waals surface area contributed by atoms with E-state index in [-0.39, 0.29) is 12.5 Å². The fraction of sp³-hybridized carbons (Fsp3) is 0.579. The van der Waals surface area contributed by atoms with Crippen LogP contribution in [-0.2, 0) is 26.2 Å². The molecule has 142 valence electrons. The molecule has 0 aromatic carbocycles. The summed E-state index contributed by atoms with van der Waals surface area (Å²) in [6.45, 7) is 10.6. The van der Waals surface area contributed by atoms with Crippen molar-refractivity contribution in [2.75, 3.05) is 19.6 Å². The van der Waals surface area contributed by atoms with Crippen molar-refractivity contribution in [2.24, 2.45) is 0 Å². The maximum Gasteiger partial charge on any atom is 0.257 e. The summed E-state index contributed by atoms with van der Waals surface area (Å²) in [5, 5.41) is 13.7. The second-order valence-corrected chi connectivity index (χ2v) is 6.73. The minimum absolute atomic E-state index is 0.00255. The van der Waals surface area contributed by atoms with Crippen LogP contribution in [0.2, 0.25) is 0 Å². The van der Waals surface area contributed by atoms with Crippen molar-refractivity contribution in [3.63, 3.8) is 0 Å². The molecule has 0 fully saturated rings. The molecule has 2 aromatic rings. The zero-order chi connectivity index (χ0) is 18.7. The number of aliphatic hydroxyl groups excluding tert-OH is 1. The van der Waals surface area contributed by atoms with Crippen LogP contribution in [0.3, 0.4) is 0 Å². The van der Waals surface area contributed by atoms with E-state index in [4.69, 9.17) is 4.42 Å². The lowest BCUT2D eigenvalue weighted by molar-refractivity contribution is 0.0744. The van der Waals surface area contributed by atoms with Crippen LogP contribution in [0.25, 0.3) is 0 Å². The summed E-state index contributed by atoms with van der Waals surface area (Å²) in [7, 11) is 0. The van der Waals surface area contributed by atoms with Crippen LogP contribution in [0.5, 0.6) is 0 Å². The van der Waals surface area contributed by atoms with Gasteiger partial charge in [-0.25, -0.2) is 0 Å². The first-order chi connectivity index (χ1) is 12.5. The van der Waals surface area contributed by atoms with E-state index in [1.54, 1.807) is 0 Å². The van der Waals surface area contributed by atoms with Crippen LogP contribution in [0.1, 0.15) is 53.5 Å². The number of aliphatic hydroxyl groups is 1. The van der Waals surface area contributed by atoms with Crippen molar-refractivity contribution in [2.45, 2.75) is 53.4 Å². The van der Waals surface area contributed by atoms with Gasteiger partial charge in [0.1, 0.15) is 11.5 Å². The summed E-state index contributed by atoms with van der Waals surface area (Å²) in [5.74, 6) is 1.50. The number of hydrogen-bond acceptors (Lipinski definition) is 5. The van der Waals surface area contributed by atoms with Gasteiger partial charge in [0.05, 0.1) is 36.6 Å². The van der Waals surface area contributed by atoms with Crippen molar-refractivity contribution < 1.29 is 14.3 Å². The Hall–Kier alpha value is -2.12. The minimum Gasteiger partial charge on any atom is -0.464 e. The summed E-state index contributed by atoms with van der Waals surface area (Å²) >= 11 is 0. The summed E-state index contributed by atoms with van der Waals surface area (Å²) in [4.78, 5) is 17.2. The second kappa shape index (κ2) is 8.05. The van der Waals surface area contributed by atoms with Crippen LogP contribution < -0.4 is 0 Å². The molecule has 3 rings (SSSR count). The highest BCUT2D eigenvalue weighted by Crippen LogP contribution is 2.21. The zero-order valence-corrected chi connectivity index (χ0v) is 15.9. The fourth-order valence-electron chi connectivity index (χ4n) is 3.44. The molecule has 1 aliphatic heterocycles. The molecule has 0 unspecified atom stereocenters. The number of rotatable bonds is 6. The van der Waals surface area contributed by atoms with Gasteiger partial charge in [-0.15, -0.1) is 0 Å². The van der Waals surface area contributed by atoms with Crippen molar-refractivity contribution in [3.8, 4) is 0 Å². The van der Waals surface area contributed by atoms with Crippen molar-refractivity contribution in [3.05, 3.63) is 40.6 Å². The number of fused-ring (bicyclic) bond motifs is 1. The smallest absolute Gasteiger partial charge is 0.257 e. The van der Waals surface area contributed by atoms with Crippen molar-refractivity contribution in [1.82, 2.24) is 19.6 Å². The highest BCUT2D eigenvalue weighted by Gasteiger charge is 2.25. The molecule has 7 nitrogen and oxygen atoms in total. The molecule has 0 saturated carbocycles. The molecular weight excluding hydrogens is 332 g/mol. The third-order valence-electron chi connectivity index (χ3n) is 4.99. The highest BCUT2D eigenvalue weighted by molar-refractivity contribution is 5.95. The van der Waals surface area contributed by atoms with Crippen LogP contribution in [0, 0.1) is 6.92 Å². The standard InChI is InChI=1S/C19H28N4O3/c1-4-21(5-2)12-17-10-18(14(3)26-17)19(25)22-7-6-8-23-16(11-22)9-15(13-24)20-23/h9-10,24H,4-8,11-13H2,1-3H3. The lowest BCUT2D eigenvalue weighted by Gasteiger charge is -2.19. The molecule has 1 amide bonds. The molecule has 0 saturated heterocycles. The molecule has 0 atom stereocenters. The Morgan fingerprint density at radius 2 is 2.08 bits per heavy atom. The number of aryl methyl sites for hydroxylation is 2. The average molecular weight is 360 g/mol. The Bertz CT molecular complexity index is 761. The van der Waals surface area contributed by atoms with Gasteiger partial charge in [-0.3, -0.25) is 14.4 Å². The predicted molar refractivity (Wildman–Crippen MR) is 97.6 cm³/mol. The maximum atomic E-state index is 13.1. The van der Waals surface area contributed by atoms with Crippen LogP contribution >= 0.6 is 0 Å². The number of hydrogen-bond donors (Lipinski definition) is 1. The normalized spacial score (nSPS) is 14.6. The topological polar surface area (TPSA) is 74.7 Å². The van der Waals surface area contributed by atoms with E-state index in [1.165, 1.54) is 0 Å². The van der Waals surface area contributed by atoms with Crippen molar-refractivity contribution in [1.29, 1.82) is 0 Å². The molecule has 0 spiro atoms. The van der Waals surface area contributed by atoms with E-state index in [0.717, 1.165) is 37.5 Å². The number of furan rings is 1. The fourth-order valence-corrected chi connectivity index (χ4v) is 3.44. The first-order valence-electron chi connectivity index (χ1n) is 9.33. The van der Waals surface area contributed by atoms with Crippen LogP contribution in [0.15, 0.2) is 16.5 Å². The number of aromatic nitrogens is 2. The first-order valence-corrected chi connectivity index (χ1v) is 9.33. The van der Waals surface area contributed by atoms with Crippen LogP contribution in [0.4, 0.5) is 0 Å². The number of nitrogens with zero attached hydrogens (tertiary/aromatic N) is 4. The molecular formula is C19H28N4O3. The number of carbonyl (C=O) groups excluding carboxylic acids is 1. The Morgan fingerprint density at radius 1 is 1.31 bits per heavy atom. The monoisotopic (exact) mass is 360 g/mol. The summed E-state index contributed by atoms with van der Waals surface area (Å²) < 4.78 is 7.74. The largest absolute Gasteiger partial charge is 0.464 e. The number of carbonyl (C=O) groups is 1. The molecule has 7 heteroatoms. The summed E-state index contributed by atoms with van der Waals surface area (Å²) in [6, 6.07) is 3.76. The molecule has 0 aliphatic carbocycles. The van der Waals surface area contributed by atoms with E-state index < -0.39 is 0 Å². The van der Waals surface area contributed by atoms with Gasteiger partial charge >= 0.3 is 0 Å². The Labute approximate surface area is 154 Å². The molecule has 1 N–H and O–H groups in total. The van der Waals surface area contributed by atoms with E-state index in [1.807, 2.05) is 28.6 Å². The third-order valence-corrected chi connectivity index (χ3v) is 4.99. The van der Waals surface area contributed by atoms with Gasteiger partial charge < -0.3 is 14.4 Å². The number of amides is 1. The molecule has 0 bridgehead atoms. The maximum absolute atomic E-state index is 13.1. The Balaban J connectivity index is 1.77. The van der Waals surface area contributed by atoms with E-state index in [9.17, 15) is 9.90 Å². The van der Waals surface area contributed by atoms with E-state index in [2.05, 4.69) is 23.8 Å². The highest BCUT2D eigenvalue weighted by atomic mass is 16.3. The van der Waals surface area contributed by atoms with E-state index >= 15 is 0 Å². The minimum atomic E-state index is -0.0799. The molecule has 3 heterocycles. The van der Waals surface area contributed by atoms with Crippen LogP contribution in [-0.4, -0.2) is 50.2 Å². The molecule has 1 aliphatic rings. The SMILES string of the molecule is CCN(CC)Cc1cc(C(=O)N2CCCn3nc(CO)cc3C2)c(C)o1. The Morgan fingerprint density at radius 3 is 2.77 bits per heavy atom. The van der Waals surface area contributed by atoms with Gasteiger partial charge in [-0.1, -0.05) is 13.8 Å². The third kappa shape index (κ3) is 3.83. The lowest BCUT2D eigenvalue weighted by atomic mass is 10.2. The molecule has 2 aromatic heterocycles. The van der Waals surface area contributed by atoms with Gasteiger partial charge in [0, 0.05) is 13.1 Å². The van der Waals surface area contributed by atoms with Crippen molar-refractivity contribution >= 4 is 5.91 Å². The quantitative estimate of drug-likeness (QED) is 0.854. The van der Waals surface area contributed by atoms with Gasteiger partial charge in [0.25, 0.3) is 5.91 Å². The summed E-state index contributed by atoms with van der Waals surface area (Å²) in [5.41, 5.74) is 2.25. The van der Waals surface area contributed by atoms with Gasteiger partial charge in [0.2, 0.25) is 0 Å². The molecule has 0 radical (unpaired) electrons. The van der Waals surface area contributed by atoms with Gasteiger partial charge in [0.15, 0.2) is 0 Å². The first kappa shape index (κ1) is 18.7. The average Bonchev–Trinajstić information content (AvgIpc) is 3.15. The van der Waals surface area contributed by atoms with Gasteiger partial charge in [-0.2, -0.15) is 5.10 Å². The van der Waals surface area contributed by atoms with E-state index in [0.29, 0.717) is 36.7 Å². The predicted octanol–water partition coefficient (Wildman–Crippen LogP) is 2.16. The second-order valence-electron chi connectivity index (χ2n) is 6.73. The molecule has 26 heavy (non-hydrogen) atoms. The zero-order valence-electron chi connectivity index (χ0n) is 15.9. The Kier molecular flexibility index (Phi) is 5.78.